The minimum Gasteiger partial charge on any atom is -0.493 e. The van der Waals surface area contributed by atoms with Crippen molar-refractivity contribution < 1.29 is 4.74 Å². The van der Waals surface area contributed by atoms with E-state index in [1.165, 1.54) is 11.1 Å². The largest absolute Gasteiger partial charge is 0.493 e. The smallest absolute Gasteiger partial charge is 0.123 e. The van der Waals surface area contributed by atoms with E-state index < -0.39 is 0 Å². The van der Waals surface area contributed by atoms with Crippen LogP contribution in [0.25, 0.3) is 0 Å². The van der Waals surface area contributed by atoms with E-state index in [-0.39, 0.29) is 10.8 Å². The van der Waals surface area contributed by atoms with Crippen LogP contribution in [0, 0.1) is 0 Å². The number of fused-ring (bicyclic) bond motifs is 1. The van der Waals surface area contributed by atoms with Crippen molar-refractivity contribution in [1.29, 1.82) is 0 Å². The lowest BCUT2D eigenvalue weighted by Crippen LogP contribution is -2.27. The molecular formula is C15H22O. The molecule has 0 unspecified atom stereocenters. The Bertz CT molecular complexity index is 396. The summed E-state index contributed by atoms with van der Waals surface area (Å²) in [4.78, 5) is 0. The first-order valence-electron chi connectivity index (χ1n) is 6.08. The van der Waals surface area contributed by atoms with Crippen molar-refractivity contribution in [1.82, 2.24) is 0 Å². The summed E-state index contributed by atoms with van der Waals surface area (Å²) in [6.07, 6.45) is 1.11. The van der Waals surface area contributed by atoms with E-state index in [1.807, 2.05) is 0 Å². The minimum atomic E-state index is 0.194. The van der Waals surface area contributed by atoms with Crippen LogP contribution in [0.4, 0.5) is 0 Å². The maximum absolute atomic E-state index is 5.79. The molecule has 0 bridgehead atoms. The lowest BCUT2D eigenvalue weighted by atomic mass is 9.77. The second kappa shape index (κ2) is 3.51. The van der Waals surface area contributed by atoms with Crippen LogP contribution in [0.2, 0.25) is 0 Å². The van der Waals surface area contributed by atoms with Gasteiger partial charge in [-0.05, 0) is 34.4 Å². The van der Waals surface area contributed by atoms with Crippen molar-refractivity contribution in [2.24, 2.45) is 0 Å². The van der Waals surface area contributed by atoms with Gasteiger partial charge in [-0.1, -0.05) is 46.8 Å². The Labute approximate surface area is 98.8 Å². The zero-order chi connectivity index (χ0) is 12.0. The Morgan fingerprint density at radius 1 is 1.19 bits per heavy atom. The zero-order valence-corrected chi connectivity index (χ0v) is 11.1. The van der Waals surface area contributed by atoms with Gasteiger partial charge < -0.3 is 4.74 Å². The SMILES string of the molecule is CC(C)(C)c1ccc2c(c1)OCCC2(C)C. The standard InChI is InChI=1S/C15H22O/c1-14(2,3)11-6-7-12-13(10-11)16-9-8-15(12,4)5/h6-7,10H,8-9H2,1-5H3. The van der Waals surface area contributed by atoms with E-state index >= 15 is 0 Å². The Kier molecular flexibility index (Phi) is 2.52. The van der Waals surface area contributed by atoms with Crippen LogP contribution in [0.15, 0.2) is 18.2 Å². The van der Waals surface area contributed by atoms with Crippen LogP contribution in [0.5, 0.6) is 5.75 Å². The van der Waals surface area contributed by atoms with Crippen molar-refractivity contribution in [2.45, 2.75) is 51.9 Å². The lowest BCUT2D eigenvalue weighted by Gasteiger charge is -2.33. The molecule has 16 heavy (non-hydrogen) atoms. The van der Waals surface area contributed by atoms with E-state index in [4.69, 9.17) is 4.74 Å². The molecule has 1 aliphatic heterocycles. The van der Waals surface area contributed by atoms with Crippen LogP contribution in [0.1, 0.15) is 52.2 Å². The second-order valence-electron chi connectivity index (χ2n) is 6.44. The van der Waals surface area contributed by atoms with E-state index in [2.05, 4.69) is 52.8 Å². The zero-order valence-electron chi connectivity index (χ0n) is 11.1. The molecule has 1 aliphatic rings. The molecule has 0 N–H and O–H groups in total. The third kappa shape index (κ3) is 1.95. The number of hydrogen-bond acceptors (Lipinski definition) is 1. The van der Waals surface area contributed by atoms with Crippen LogP contribution in [-0.2, 0) is 10.8 Å². The summed E-state index contributed by atoms with van der Waals surface area (Å²) < 4.78 is 5.79. The number of benzene rings is 1. The Balaban J connectivity index is 2.48. The number of ether oxygens (including phenoxy) is 1. The minimum absolute atomic E-state index is 0.194. The number of rotatable bonds is 0. The van der Waals surface area contributed by atoms with Gasteiger partial charge in [-0.15, -0.1) is 0 Å². The summed E-state index contributed by atoms with van der Waals surface area (Å²) in [6, 6.07) is 6.71. The topological polar surface area (TPSA) is 9.23 Å². The van der Waals surface area contributed by atoms with E-state index in [1.54, 1.807) is 0 Å². The predicted octanol–water partition coefficient (Wildman–Crippen LogP) is 4.04. The maximum Gasteiger partial charge on any atom is 0.123 e. The normalized spacial score (nSPS) is 18.8. The first kappa shape index (κ1) is 11.5. The molecule has 1 aromatic rings. The van der Waals surface area contributed by atoms with Crippen molar-refractivity contribution in [3.63, 3.8) is 0 Å². The van der Waals surface area contributed by atoms with Gasteiger partial charge in [0, 0.05) is 0 Å². The summed E-state index contributed by atoms with van der Waals surface area (Å²) in [5, 5.41) is 0. The lowest BCUT2D eigenvalue weighted by molar-refractivity contribution is 0.233. The fourth-order valence-electron chi connectivity index (χ4n) is 2.22. The summed E-state index contributed by atoms with van der Waals surface area (Å²) in [5.41, 5.74) is 3.15. The fourth-order valence-corrected chi connectivity index (χ4v) is 2.22. The molecule has 1 aromatic carbocycles. The molecule has 0 atom stereocenters. The third-order valence-corrected chi connectivity index (χ3v) is 3.56. The summed E-state index contributed by atoms with van der Waals surface area (Å²) in [5.74, 6) is 1.09. The van der Waals surface area contributed by atoms with Gasteiger partial charge in [-0.2, -0.15) is 0 Å². The van der Waals surface area contributed by atoms with Gasteiger partial charge in [0.1, 0.15) is 5.75 Å². The highest BCUT2D eigenvalue weighted by Crippen LogP contribution is 2.40. The molecule has 0 radical (unpaired) electrons. The van der Waals surface area contributed by atoms with Gasteiger partial charge in [-0.3, -0.25) is 0 Å². The van der Waals surface area contributed by atoms with Gasteiger partial charge in [0.25, 0.3) is 0 Å². The summed E-state index contributed by atoms with van der Waals surface area (Å²) in [7, 11) is 0. The second-order valence-corrected chi connectivity index (χ2v) is 6.44. The molecule has 0 fully saturated rings. The van der Waals surface area contributed by atoms with E-state index in [0.717, 1.165) is 18.8 Å². The monoisotopic (exact) mass is 218 g/mol. The predicted molar refractivity (Wildman–Crippen MR) is 68.3 cm³/mol. The Morgan fingerprint density at radius 2 is 1.88 bits per heavy atom. The third-order valence-electron chi connectivity index (χ3n) is 3.56. The average molecular weight is 218 g/mol. The molecule has 1 heterocycles. The molecule has 0 amide bonds. The van der Waals surface area contributed by atoms with Gasteiger partial charge in [0.2, 0.25) is 0 Å². The first-order chi connectivity index (χ1) is 7.31. The highest BCUT2D eigenvalue weighted by Gasteiger charge is 2.29. The van der Waals surface area contributed by atoms with Gasteiger partial charge in [0.05, 0.1) is 6.61 Å². The molecule has 0 aliphatic carbocycles. The van der Waals surface area contributed by atoms with E-state index in [9.17, 15) is 0 Å². The molecule has 2 rings (SSSR count). The van der Waals surface area contributed by atoms with Crippen LogP contribution in [-0.4, -0.2) is 6.61 Å². The van der Waals surface area contributed by atoms with Crippen molar-refractivity contribution in [2.75, 3.05) is 6.61 Å². The fraction of sp³-hybridized carbons (Fsp3) is 0.600. The maximum atomic E-state index is 5.79. The summed E-state index contributed by atoms with van der Waals surface area (Å²) in [6.45, 7) is 12.2. The van der Waals surface area contributed by atoms with Crippen molar-refractivity contribution in [3.8, 4) is 5.75 Å². The van der Waals surface area contributed by atoms with Gasteiger partial charge >= 0.3 is 0 Å². The highest BCUT2D eigenvalue weighted by molar-refractivity contribution is 5.45. The first-order valence-corrected chi connectivity index (χ1v) is 6.08. The average Bonchev–Trinajstić information content (AvgIpc) is 2.15. The molecule has 0 spiro atoms. The van der Waals surface area contributed by atoms with Gasteiger partial charge in [-0.25, -0.2) is 0 Å². The Morgan fingerprint density at radius 3 is 2.50 bits per heavy atom. The van der Waals surface area contributed by atoms with Crippen LogP contribution >= 0.6 is 0 Å². The summed E-state index contributed by atoms with van der Waals surface area (Å²) >= 11 is 0. The quantitative estimate of drug-likeness (QED) is 0.638. The molecule has 0 aromatic heterocycles. The molecule has 0 saturated carbocycles. The van der Waals surface area contributed by atoms with Crippen LogP contribution in [0.3, 0.4) is 0 Å². The van der Waals surface area contributed by atoms with Crippen LogP contribution < -0.4 is 4.74 Å². The van der Waals surface area contributed by atoms with E-state index in [0.29, 0.717) is 0 Å². The van der Waals surface area contributed by atoms with Crippen molar-refractivity contribution >= 4 is 0 Å². The van der Waals surface area contributed by atoms with Crippen molar-refractivity contribution in [3.05, 3.63) is 29.3 Å². The molecule has 88 valence electrons. The molecule has 0 saturated heterocycles. The highest BCUT2D eigenvalue weighted by atomic mass is 16.5. The molecule has 1 heteroatoms. The van der Waals surface area contributed by atoms with Gasteiger partial charge in [0.15, 0.2) is 0 Å². The Hall–Kier alpha value is -0.980. The molecule has 1 nitrogen and oxygen atoms in total. The number of hydrogen-bond donors (Lipinski definition) is 0. The molecular weight excluding hydrogens is 196 g/mol.